The number of ether oxygens (including phenoxy) is 10. The van der Waals surface area contributed by atoms with Crippen molar-refractivity contribution in [3.63, 3.8) is 0 Å². The van der Waals surface area contributed by atoms with Gasteiger partial charge in [0, 0.05) is 48.0 Å². The Morgan fingerprint density at radius 3 is 1.50 bits per heavy atom. The van der Waals surface area contributed by atoms with Crippen molar-refractivity contribution in [3.05, 3.63) is 144 Å². The molecule has 94 heavy (non-hydrogen) atoms. The van der Waals surface area contributed by atoms with Crippen LogP contribution >= 0.6 is 0 Å². The Labute approximate surface area is 548 Å². The summed E-state index contributed by atoms with van der Waals surface area (Å²) in [4.78, 5) is 55.2. The van der Waals surface area contributed by atoms with Gasteiger partial charge < -0.3 is 78.0 Å². The van der Waals surface area contributed by atoms with Crippen LogP contribution < -0.4 is 0 Å². The van der Waals surface area contributed by atoms with Crippen molar-refractivity contribution in [2.75, 3.05) is 13.2 Å². The summed E-state index contributed by atoms with van der Waals surface area (Å²) in [5, 5.41) is 69.9. The van der Waals surface area contributed by atoms with Crippen LogP contribution in [0, 0.1) is 35.5 Å². The van der Waals surface area contributed by atoms with Gasteiger partial charge >= 0.3 is 17.9 Å². The summed E-state index contributed by atoms with van der Waals surface area (Å²) in [6, 6.07) is 17.2. The lowest BCUT2D eigenvalue weighted by Gasteiger charge is -2.61. The van der Waals surface area contributed by atoms with Crippen molar-refractivity contribution < 1.29 is 97.2 Å². The summed E-state index contributed by atoms with van der Waals surface area (Å²) in [5.74, 6) is -11.2. The molecule has 6 aliphatic carbocycles. The number of aliphatic hydroxyl groups excluding tert-OH is 4. The zero-order valence-electron chi connectivity index (χ0n) is 55.0. The Hall–Kier alpha value is -5.40. The molecule has 10 fully saturated rings. The average molecular weight is 1300 g/mol. The highest BCUT2D eigenvalue weighted by Gasteiger charge is 2.92. The van der Waals surface area contributed by atoms with E-state index >= 15 is 0 Å². The van der Waals surface area contributed by atoms with Crippen molar-refractivity contribution in [3.8, 4) is 0 Å². The fourth-order valence-electron chi connectivity index (χ4n) is 19.0. The van der Waals surface area contributed by atoms with E-state index in [-0.39, 0.29) is 11.1 Å². The Morgan fingerprint density at radius 1 is 0.574 bits per heavy atom. The molecule has 6 saturated heterocycles. The molecule has 0 radical (unpaired) electrons. The monoisotopic (exact) mass is 1300 g/mol. The van der Waals surface area contributed by atoms with Crippen LogP contribution in [0.2, 0.25) is 0 Å². The Morgan fingerprint density at radius 2 is 1.02 bits per heavy atom. The number of epoxide rings is 2. The smallest absolute Gasteiger partial charge is 0.338 e. The van der Waals surface area contributed by atoms with E-state index in [4.69, 9.17) is 47.4 Å². The SMILES string of the molecule is C=C(C)C12OC3(/C=C/C=C/CCCCC)OC1C1C4OC4(CO)C(O)C4(O)C(=O)C(C)=CC4C1(O3)C(C)C2OC(=O)c1ccccc1.C=C(C)C12OC3(CCCCCCCCC)OC1C1C4OC4(CO)C(O)C4(O)C(=O)C(C)=CC4C1(O3)C(C)C2OC(=O)c1ccccc1. The van der Waals surface area contributed by atoms with Gasteiger partial charge in [0.1, 0.15) is 60.0 Å². The number of ketones is 2. The zero-order valence-corrected chi connectivity index (χ0v) is 55.0. The van der Waals surface area contributed by atoms with E-state index in [2.05, 4.69) is 27.0 Å². The second-order valence-corrected chi connectivity index (χ2v) is 28.9. The van der Waals surface area contributed by atoms with E-state index in [0.29, 0.717) is 28.7 Å². The third kappa shape index (κ3) is 9.06. The van der Waals surface area contributed by atoms with Crippen LogP contribution in [0.3, 0.4) is 0 Å². The van der Waals surface area contributed by atoms with Gasteiger partial charge in [0.15, 0.2) is 34.0 Å². The number of aliphatic hydroxyl groups is 6. The number of allylic oxidation sites excluding steroid dienone is 3. The van der Waals surface area contributed by atoms with Crippen LogP contribution in [-0.2, 0) is 57.0 Å². The normalized spacial score (nSPS) is 45.6. The Kier molecular flexibility index (Phi) is 16.9. The lowest BCUT2D eigenvalue weighted by molar-refractivity contribution is -0.431. The second kappa shape index (κ2) is 23.7. The van der Waals surface area contributed by atoms with Gasteiger partial charge in [-0.3, -0.25) is 9.59 Å². The lowest BCUT2D eigenvalue weighted by Crippen LogP contribution is -2.76. The molecule has 6 aliphatic heterocycles. The number of fused-ring (bicyclic) bond motifs is 6. The lowest BCUT2D eigenvalue weighted by atomic mass is 9.53. The first-order valence-electron chi connectivity index (χ1n) is 34.0. The molecule has 24 atom stereocenters. The highest BCUT2D eigenvalue weighted by atomic mass is 16.9. The average Bonchev–Trinajstić information content (AvgIpc) is 1.46. The maximum absolute atomic E-state index is 13.9. The van der Waals surface area contributed by atoms with Gasteiger partial charge in [-0.2, -0.15) is 0 Å². The van der Waals surface area contributed by atoms with Gasteiger partial charge in [-0.15, -0.1) is 0 Å². The van der Waals surface area contributed by atoms with Crippen molar-refractivity contribution in [1.29, 1.82) is 0 Å². The van der Waals surface area contributed by atoms with Crippen LogP contribution in [0.25, 0.3) is 0 Å². The maximum atomic E-state index is 13.9. The zero-order chi connectivity index (χ0) is 67.1. The molecule has 14 rings (SSSR count). The summed E-state index contributed by atoms with van der Waals surface area (Å²) >= 11 is 0. The molecule has 20 heteroatoms. The van der Waals surface area contributed by atoms with Gasteiger partial charge in [0.05, 0.1) is 35.5 Å². The molecule has 6 heterocycles. The molecule has 4 saturated carbocycles. The van der Waals surface area contributed by atoms with E-state index in [9.17, 15) is 49.8 Å². The molecule has 0 aromatic heterocycles. The Bertz CT molecular complexity index is 3490. The molecular weight excluding hydrogens is 1210 g/mol. The van der Waals surface area contributed by atoms with Crippen LogP contribution in [0.15, 0.2) is 133 Å². The largest absolute Gasteiger partial charge is 0.455 e. The second-order valence-electron chi connectivity index (χ2n) is 28.9. The topological polar surface area (TPSA) is 289 Å². The van der Waals surface area contributed by atoms with Crippen LogP contribution in [0.5, 0.6) is 0 Å². The van der Waals surface area contributed by atoms with E-state index in [0.717, 1.165) is 51.4 Å². The standard InChI is InChI=1S/C37H48O10.C37H44O10/c2*1-6-7-8-9-10-11-15-18-34-45-30-26-29-33(20-38,44-29)32(41)35(42)25(19-22(4)27(35)39)37(26,47-34)23(5)28(36(30,46-34)21(2)3)43-31(40)24-16-13-12-14-17-24/h12-14,16-17,19,23,25-26,28-30,32,38,41-42H,2,6-11,15,18,20H2,1,3-5H3;10-19,23,25-26,28-30,32,38,41-42H,2,6-9,20H2,1,3-5H3/b;11-10+,18-15+. The number of esters is 2. The molecular formula is C74H92O20. The molecule has 12 aliphatic rings. The highest BCUT2D eigenvalue weighted by molar-refractivity contribution is 6.06. The quantitative estimate of drug-likeness (QED) is 0.0215. The summed E-state index contributed by atoms with van der Waals surface area (Å²) in [7, 11) is 0. The molecule has 20 nitrogen and oxygen atoms in total. The molecule has 2 aromatic rings. The van der Waals surface area contributed by atoms with Gasteiger partial charge in [-0.25, -0.2) is 9.59 Å². The minimum atomic E-state index is -2.41. The van der Waals surface area contributed by atoms with E-state index in [1.54, 1.807) is 99.7 Å². The summed E-state index contributed by atoms with van der Waals surface area (Å²) in [6.07, 6.45) is 13.4. The number of hydrogen-bond donors (Lipinski definition) is 6. The maximum Gasteiger partial charge on any atom is 0.338 e. The predicted molar refractivity (Wildman–Crippen MR) is 338 cm³/mol. The van der Waals surface area contributed by atoms with Crippen molar-refractivity contribution in [1.82, 2.24) is 0 Å². The molecule has 2 aromatic carbocycles. The summed E-state index contributed by atoms with van der Waals surface area (Å²) < 4.78 is 66.8. The number of hydrogen-bond acceptors (Lipinski definition) is 20. The minimum absolute atomic E-state index is 0.238. The van der Waals surface area contributed by atoms with Gasteiger partial charge in [-0.1, -0.05) is 159 Å². The highest BCUT2D eigenvalue weighted by Crippen LogP contribution is 2.76. The number of carbonyl (C=O) groups excluding carboxylic acids is 4. The first-order valence-corrected chi connectivity index (χ1v) is 34.0. The predicted octanol–water partition coefficient (Wildman–Crippen LogP) is 7.86. The van der Waals surface area contributed by atoms with E-state index < -0.39 is 178 Å². The number of Topliss-reactive ketones (excluding diaryl/α,β-unsaturated/α-hetero) is 2. The van der Waals surface area contributed by atoms with Gasteiger partial charge in [0.25, 0.3) is 5.97 Å². The third-order valence-electron chi connectivity index (χ3n) is 23.7. The first kappa shape index (κ1) is 67.2. The number of rotatable bonds is 22. The van der Waals surface area contributed by atoms with Crippen LogP contribution in [0.1, 0.15) is 153 Å². The minimum Gasteiger partial charge on any atom is -0.455 e. The van der Waals surface area contributed by atoms with Crippen LogP contribution in [0.4, 0.5) is 0 Å². The number of unbranched alkanes of at least 4 members (excludes halogenated alkanes) is 9. The van der Waals surface area contributed by atoms with Gasteiger partial charge in [0.2, 0.25) is 0 Å². The molecule has 6 bridgehead atoms. The molecule has 6 N–H and O–H groups in total. The van der Waals surface area contributed by atoms with Crippen LogP contribution in [-0.4, -0.2) is 173 Å². The summed E-state index contributed by atoms with van der Waals surface area (Å²) in [5.41, 5.74) is -11.7. The molecule has 0 amide bonds. The van der Waals surface area contributed by atoms with E-state index in [1.165, 1.54) is 19.3 Å². The molecule has 508 valence electrons. The third-order valence-corrected chi connectivity index (χ3v) is 23.7. The fourth-order valence-corrected chi connectivity index (χ4v) is 19.0. The number of benzene rings is 2. The van der Waals surface area contributed by atoms with Crippen molar-refractivity contribution >= 4 is 23.5 Å². The van der Waals surface area contributed by atoms with Crippen molar-refractivity contribution in [2.45, 2.75) is 238 Å². The van der Waals surface area contributed by atoms with Gasteiger partial charge in [-0.05, 0) is 93.5 Å². The molecule has 0 spiro atoms. The van der Waals surface area contributed by atoms with E-state index in [1.807, 2.05) is 39.0 Å². The summed E-state index contributed by atoms with van der Waals surface area (Å²) in [6.45, 7) is 22.2. The fraction of sp³-hybridized carbons (Fsp3) is 0.622. The Balaban J connectivity index is 0.000000171. The molecule has 24 unspecified atom stereocenters. The number of carbonyl (C=O) groups is 4. The first-order chi connectivity index (χ1) is 44.8. The van der Waals surface area contributed by atoms with Crippen molar-refractivity contribution in [2.24, 2.45) is 35.5 Å².